The second kappa shape index (κ2) is 8.99. The van der Waals surface area contributed by atoms with Crippen LogP contribution in [0.1, 0.15) is 29.8 Å². The van der Waals surface area contributed by atoms with Crippen molar-refractivity contribution in [3.63, 3.8) is 0 Å². The first-order valence-electron chi connectivity index (χ1n) is 9.35. The number of nitrogens with one attached hydrogen (secondary N) is 1. The summed E-state index contributed by atoms with van der Waals surface area (Å²) in [5, 5.41) is 3.04. The molecule has 0 saturated carbocycles. The predicted octanol–water partition coefficient (Wildman–Crippen LogP) is 4.66. The van der Waals surface area contributed by atoms with Crippen LogP contribution in [0.3, 0.4) is 0 Å². The zero-order chi connectivity index (χ0) is 22.9. The van der Waals surface area contributed by atoms with Crippen LogP contribution in [0.5, 0.6) is 5.75 Å². The van der Waals surface area contributed by atoms with Crippen molar-refractivity contribution in [3.8, 4) is 5.75 Å². The highest BCUT2D eigenvalue weighted by Gasteiger charge is 2.41. The van der Waals surface area contributed by atoms with E-state index < -0.39 is 17.8 Å². The first-order valence-corrected chi connectivity index (χ1v) is 10.1. The lowest BCUT2D eigenvalue weighted by atomic mass is 10.1. The standard InChI is InChI=1S/C22H20Cl2N2O5/c1-11(2)31-22(29)13-7-5-6-8-16(13)26-20(27)18(24)19(21(26)28)25-15-9-12(3)14(23)10-17(15)30-4/h5-11,25H,1-4H3. The van der Waals surface area contributed by atoms with Gasteiger partial charge in [0.05, 0.1) is 30.2 Å². The van der Waals surface area contributed by atoms with Crippen molar-refractivity contribution in [1.82, 2.24) is 0 Å². The number of amides is 2. The number of esters is 1. The Morgan fingerprint density at radius 3 is 2.42 bits per heavy atom. The number of ether oxygens (including phenoxy) is 2. The van der Waals surface area contributed by atoms with Crippen molar-refractivity contribution in [1.29, 1.82) is 0 Å². The molecule has 3 rings (SSSR count). The van der Waals surface area contributed by atoms with Gasteiger partial charge in [-0.1, -0.05) is 35.3 Å². The molecule has 31 heavy (non-hydrogen) atoms. The van der Waals surface area contributed by atoms with Crippen LogP contribution in [0, 0.1) is 6.92 Å². The molecule has 0 saturated heterocycles. The van der Waals surface area contributed by atoms with Crippen LogP contribution >= 0.6 is 23.2 Å². The first kappa shape index (κ1) is 22.7. The molecular weight excluding hydrogens is 443 g/mol. The maximum atomic E-state index is 13.2. The van der Waals surface area contributed by atoms with E-state index in [0.29, 0.717) is 16.5 Å². The average molecular weight is 463 g/mol. The van der Waals surface area contributed by atoms with Gasteiger partial charge in [-0.3, -0.25) is 9.59 Å². The van der Waals surface area contributed by atoms with Crippen LogP contribution in [0.15, 0.2) is 47.1 Å². The molecule has 0 bridgehead atoms. The Morgan fingerprint density at radius 2 is 1.77 bits per heavy atom. The summed E-state index contributed by atoms with van der Waals surface area (Å²) >= 11 is 12.4. The van der Waals surface area contributed by atoms with Crippen molar-refractivity contribution < 1.29 is 23.9 Å². The Labute approximate surface area is 189 Å². The normalized spacial score (nSPS) is 13.8. The molecular formula is C22H20Cl2N2O5. The van der Waals surface area contributed by atoms with Gasteiger partial charge in [-0.25, -0.2) is 9.69 Å². The fraction of sp³-hybridized carbons (Fsp3) is 0.227. The summed E-state index contributed by atoms with van der Waals surface area (Å²) in [6.07, 6.45) is -0.370. The van der Waals surface area contributed by atoms with Gasteiger partial charge < -0.3 is 14.8 Å². The summed E-state index contributed by atoms with van der Waals surface area (Å²) in [4.78, 5) is 39.4. The molecule has 0 spiro atoms. The molecule has 0 aliphatic carbocycles. The van der Waals surface area contributed by atoms with Crippen LogP contribution in [0.25, 0.3) is 0 Å². The second-order valence-corrected chi connectivity index (χ2v) is 7.82. The molecule has 0 atom stereocenters. The zero-order valence-corrected chi connectivity index (χ0v) is 18.8. The van der Waals surface area contributed by atoms with Gasteiger partial charge in [-0.2, -0.15) is 0 Å². The van der Waals surface area contributed by atoms with E-state index in [1.165, 1.54) is 19.2 Å². The van der Waals surface area contributed by atoms with Crippen molar-refractivity contribution in [3.05, 3.63) is 63.3 Å². The van der Waals surface area contributed by atoms with Crippen LogP contribution in [-0.4, -0.2) is 31.0 Å². The van der Waals surface area contributed by atoms with Gasteiger partial charge in [-0.05, 0) is 44.5 Å². The van der Waals surface area contributed by atoms with E-state index in [-0.39, 0.29) is 28.1 Å². The van der Waals surface area contributed by atoms with Crippen LogP contribution in [0.4, 0.5) is 11.4 Å². The summed E-state index contributed by atoms with van der Waals surface area (Å²) in [7, 11) is 1.45. The Hall–Kier alpha value is -3.03. The molecule has 1 aliphatic heterocycles. The molecule has 0 unspecified atom stereocenters. The Bertz CT molecular complexity index is 1110. The number of carbonyl (C=O) groups is 3. The van der Waals surface area contributed by atoms with Crippen molar-refractivity contribution >= 4 is 52.4 Å². The van der Waals surface area contributed by atoms with E-state index >= 15 is 0 Å². The minimum atomic E-state index is -0.761. The van der Waals surface area contributed by atoms with Gasteiger partial charge in [-0.15, -0.1) is 0 Å². The van der Waals surface area contributed by atoms with Gasteiger partial charge in [0.15, 0.2) is 0 Å². The van der Waals surface area contributed by atoms with Crippen molar-refractivity contribution in [2.24, 2.45) is 0 Å². The number of carbonyl (C=O) groups excluding carboxylic acids is 3. The highest BCUT2D eigenvalue weighted by atomic mass is 35.5. The number of hydrogen-bond donors (Lipinski definition) is 1. The molecule has 0 radical (unpaired) electrons. The number of nitrogens with zero attached hydrogens (tertiary/aromatic N) is 1. The summed E-state index contributed by atoms with van der Waals surface area (Å²) in [5.74, 6) is -1.76. The Morgan fingerprint density at radius 1 is 1.10 bits per heavy atom. The second-order valence-electron chi connectivity index (χ2n) is 7.03. The largest absolute Gasteiger partial charge is 0.495 e. The average Bonchev–Trinajstić information content (AvgIpc) is 2.93. The molecule has 1 heterocycles. The first-order chi connectivity index (χ1) is 14.6. The zero-order valence-electron chi connectivity index (χ0n) is 17.3. The monoisotopic (exact) mass is 462 g/mol. The number of halogens is 2. The predicted molar refractivity (Wildman–Crippen MR) is 119 cm³/mol. The lowest BCUT2D eigenvalue weighted by molar-refractivity contribution is -0.120. The number of methoxy groups -OCH3 is 1. The smallest absolute Gasteiger partial charge is 0.340 e. The lowest BCUT2D eigenvalue weighted by Gasteiger charge is -2.19. The number of para-hydroxylation sites is 1. The van der Waals surface area contributed by atoms with Gasteiger partial charge in [0.1, 0.15) is 16.5 Å². The lowest BCUT2D eigenvalue weighted by Crippen LogP contribution is -2.34. The summed E-state index contributed by atoms with van der Waals surface area (Å²) in [5.41, 5.74) is 1.16. The minimum absolute atomic E-state index is 0.0727. The summed E-state index contributed by atoms with van der Waals surface area (Å²) in [6, 6.07) is 9.43. The number of hydrogen-bond acceptors (Lipinski definition) is 6. The Balaban J connectivity index is 1.99. The fourth-order valence-corrected chi connectivity index (χ4v) is 3.38. The molecule has 0 aromatic heterocycles. The number of anilines is 2. The molecule has 2 aromatic rings. The van der Waals surface area contributed by atoms with Gasteiger partial charge >= 0.3 is 5.97 Å². The summed E-state index contributed by atoms with van der Waals surface area (Å²) < 4.78 is 10.5. The summed E-state index contributed by atoms with van der Waals surface area (Å²) in [6.45, 7) is 5.19. The van der Waals surface area contributed by atoms with E-state index in [0.717, 1.165) is 10.5 Å². The molecule has 0 fully saturated rings. The third kappa shape index (κ3) is 4.38. The molecule has 162 valence electrons. The minimum Gasteiger partial charge on any atom is -0.495 e. The molecule has 7 nitrogen and oxygen atoms in total. The van der Waals surface area contributed by atoms with Crippen molar-refractivity contribution in [2.75, 3.05) is 17.3 Å². The maximum absolute atomic E-state index is 13.2. The van der Waals surface area contributed by atoms with Crippen LogP contribution in [-0.2, 0) is 14.3 Å². The number of rotatable bonds is 6. The van der Waals surface area contributed by atoms with E-state index in [2.05, 4.69) is 5.32 Å². The van der Waals surface area contributed by atoms with Gasteiger partial charge in [0.25, 0.3) is 11.8 Å². The number of benzene rings is 2. The van der Waals surface area contributed by atoms with Crippen LogP contribution < -0.4 is 15.0 Å². The van der Waals surface area contributed by atoms with E-state index in [9.17, 15) is 14.4 Å². The molecule has 1 aliphatic rings. The van der Waals surface area contributed by atoms with Gasteiger partial charge in [0, 0.05) is 11.1 Å². The fourth-order valence-electron chi connectivity index (χ4n) is 3.01. The molecule has 2 aromatic carbocycles. The molecule has 2 amide bonds. The van der Waals surface area contributed by atoms with Gasteiger partial charge in [0.2, 0.25) is 0 Å². The Kier molecular flexibility index (Phi) is 6.57. The third-order valence-electron chi connectivity index (χ3n) is 4.48. The number of aryl methyl sites for hydroxylation is 1. The van der Waals surface area contributed by atoms with Crippen LogP contribution in [0.2, 0.25) is 5.02 Å². The van der Waals surface area contributed by atoms with E-state index in [1.54, 1.807) is 45.0 Å². The van der Waals surface area contributed by atoms with E-state index in [1.807, 2.05) is 0 Å². The number of imide groups is 1. The quantitative estimate of drug-likeness (QED) is 0.496. The molecule has 9 heteroatoms. The molecule has 1 N–H and O–H groups in total. The van der Waals surface area contributed by atoms with Crippen molar-refractivity contribution in [2.45, 2.75) is 26.9 Å². The SMILES string of the molecule is COc1cc(Cl)c(C)cc1NC1=C(Cl)C(=O)N(c2ccccc2C(=O)OC(C)C)C1=O. The topological polar surface area (TPSA) is 84.9 Å². The highest BCUT2D eigenvalue weighted by molar-refractivity contribution is 6.53. The van der Waals surface area contributed by atoms with E-state index in [4.69, 9.17) is 32.7 Å². The maximum Gasteiger partial charge on any atom is 0.340 e. The third-order valence-corrected chi connectivity index (χ3v) is 5.23. The highest BCUT2D eigenvalue weighted by Crippen LogP contribution is 2.36.